The third-order valence-electron chi connectivity index (χ3n) is 1.01. The monoisotopic (exact) mass is 330 g/mol. The number of alkyl halides is 1. The van der Waals surface area contributed by atoms with Gasteiger partial charge in [0.1, 0.15) is 0 Å². The van der Waals surface area contributed by atoms with Crippen molar-refractivity contribution in [1.82, 2.24) is 0 Å². The summed E-state index contributed by atoms with van der Waals surface area (Å²) in [7, 11) is 0. The smallest absolute Gasteiger partial charge is 0.174 e. The van der Waals surface area contributed by atoms with Crippen LogP contribution in [0.2, 0.25) is 0 Å². The normalized spacial score (nSPS) is 9.80. The first kappa shape index (κ1) is 8.67. The number of ketones is 1. The maximum absolute atomic E-state index is 11.0. The predicted molar refractivity (Wildman–Crippen MR) is 55.2 cm³/mol. The van der Waals surface area contributed by atoms with Crippen molar-refractivity contribution >= 4 is 55.6 Å². The standard InChI is InChI=1S/C6H4BrIOS/c7-2-5(9)4-1-6(8)10-3-4/h1,3H,2H2. The molecule has 10 heavy (non-hydrogen) atoms. The molecule has 0 aliphatic heterocycles. The Kier molecular flexibility index (Phi) is 3.32. The highest BCUT2D eigenvalue weighted by Crippen LogP contribution is 2.17. The molecule has 1 rings (SSSR count). The molecule has 0 spiro atoms. The zero-order chi connectivity index (χ0) is 7.56. The SMILES string of the molecule is O=C(CBr)c1csc(I)c1. The van der Waals surface area contributed by atoms with E-state index in [0.717, 1.165) is 8.45 Å². The van der Waals surface area contributed by atoms with E-state index < -0.39 is 0 Å². The second-order valence-corrected chi connectivity index (χ2v) is 5.06. The van der Waals surface area contributed by atoms with Gasteiger partial charge in [0.15, 0.2) is 5.78 Å². The van der Waals surface area contributed by atoms with Crippen molar-refractivity contribution in [3.63, 3.8) is 0 Å². The Morgan fingerprint density at radius 2 is 2.50 bits per heavy atom. The van der Waals surface area contributed by atoms with Crippen LogP contribution in [0.15, 0.2) is 11.4 Å². The summed E-state index contributed by atoms with van der Waals surface area (Å²) >= 11 is 6.91. The molecule has 0 bridgehead atoms. The van der Waals surface area contributed by atoms with E-state index in [4.69, 9.17) is 0 Å². The third kappa shape index (κ3) is 2.03. The molecule has 0 unspecified atom stereocenters. The molecule has 4 heteroatoms. The first-order chi connectivity index (χ1) is 4.74. The van der Waals surface area contributed by atoms with Crippen LogP contribution in [-0.4, -0.2) is 11.1 Å². The summed E-state index contributed by atoms with van der Waals surface area (Å²) in [5.41, 5.74) is 0.811. The van der Waals surface area contributed by atoms with Gasteiger partial charge >= 0.3 is 0 Å². The van der Waals surface area contributed by atoms with Gasteiger partial charge in [0, 0.05) is 10.9 Å². The van der Waals surface area contributed by atoms with Crippen molar-refractivity contribution < 1.29 is 4.79 Å². The second-order valence-electron chi connectivity index (χ2n) is 1.70. The number of Topliss-reactive ketones (excluding diaryl/α,β-unsaturated/α-hetero) is 1. The number of halogens is 2. The highest BCUT2D eigenvalue weighted by molar-refractivity contribution is 14.1. The molecule has 0 amide bonds. The van der Waals surface area contributed by atoms with Crippen molar-refractivity contribution in [2.24, 2.45) is 0 Å². The Hall–Kier alpha value is 0.580. The molecule has 1 heterocycles. The fourth-order valence-corrected chi connectivity index (χ4v) is 2.21. The molecule has 0 saturated heterocycles. The van der Waals surface area contributed by atoms with Gasteiger partial charge in [-0.1, -0.05) is 15.9 Å². The summed E-state index contributed by atoms with van der Waals surface area (Å²) in [5.74, 6) is 0.152. The highest BCUT2D eigenvalue weighted by Gasteiger charge is 2.04. The lowest BCUT2D eigenvalue weighted by atomic mass is 10.2. The summed E-state index contributed by atoms with van der Waals surface area (Å²) < 4.78 is 1.15. The minimum Gasteiger partial charge on any atom is -0.293 e. The van der Waals surface area contributed by atoms with Crippen LogP contribution in [0.3, 0.4) is 0 Å². The average Bonchev–Trinajstić information content (AvgIpc) is 2.34. The fraction of sp³-hybridized carbons (Fsp3) is 0.167. The average molecular weight is 331 g/mol. The number of carbonyl (C=O) groups excluding carboxylic acids is 1. The van der Waals surface area contributed by atoms with Gasteiger partial charge in [-0.2, -0.15) is 0 Å². The van der Waals surface area contributed by atoms with Gasteiger partial charge in [-0.05, 0) is 28.7 Å². The topological polar surface area (TPSA) is 17.1 Å². The summed E-state index contributed by atoms with van der Waals surface area (Å²) in [6.07, 6.45) is 0. The van der Waals surface area contributed by atoms with Gasteiger partial charge in [0.05, 0.1) is 8.21 Å². The second kappa shape index (κ2) is 3.82. The molecule has 0 aliphatic carbocycles. The zero-order valence-corrected chi connectivity index (χ0v) is 9.49. The van der Waals surface area contributed by atoms with Crippen LogP contribution in [-0.2, 0) is 0 Å². The van der Waals surface area contributed by atoms with Gasteiger partial charge in [-0.25, -0.2) is 0 Å². The lowest BCUT2D eigenvalue weighted by Gasteiger charge is -1.86. The largest absolute Gasteiger partial charge is 0.293 e. The maximum atomic E-state index is 11.0. The van der Waals surface area contributed by atoms with E-state index in [1.165, 1.54) is 0 Å². The summed E-state index contributed by atoms with van der Waals surface area (Å²) in [5, 5.41) is 2.30. The molecule has 1 aromatic heterocycles. The van der Waals surface area contributed by atoms with Gasteiger partial charge in [-0.3, -0.25) is 4.79 Å². The maximum Gasteiger partial charge on any atom is 0.174 e. The Morgan fingerprint density at radius 3 is 2.90 bits per heavy atom. The van der Waals surface area contributed by atoms with Crippen molar-refractivity contribution in [3.8, 4) is 0 Å². The lowest BCUT2D eigenvalue weighted by molar-refractivity contribution is 0.102. The Labute approximate surface area is 85.1 Å². The predicted octanol–water partition coefficient (Wildman–Crippen LogP) is 2.93. The first-order valence-electron chi connectivity index (χ1n) is 2.57. The van der Waals surface area contributed by atoms with E-state index in [1.54, 1.807) is 11.3 Å². The number of hydrogen-bond acceptors (Lipinski definition) is 2. The van der Waals surface area contributed by atoms with Crippen LogP contribution in [0.25, 0.3) is 0 Å². The molecule has 0 N–H and O–H groups in total. The van der Waals surface area contributed by atoms with Crippen LogP contribution in [0.1, 0.15) is 10.4 Å². The summed E-state index contributed by atoms with van der Waals surface area (Å²) in [6.45, 7) is 0. The molecule has 1 aromatic rings. The number of rotatable bonds is 2. The molecule has 54 valence electrons. The summed E-state index contributed by atoms with van der Waals surface area (Å²) in [6, 6.07) is 1.90. The number of carbonyl (C=O) groups is 1. The number of thiophene rings is 1. The van der Waals surface area contributed by atoms with Crippen molar-refractivity contribution in [2.45, 2.75) is 0 Å². The lowest BCUT2D eigenvalue weighted by Crippen LogP contribution is -1.96. The molecule has 1 nitrogen and oxygen atoms in total. The van der Waals surface area contributed by atoms with Crippen LogP contribution < -0.4 is 0 Å². The van der Waals surface area contributed by atoms with Gasteiger partial charge in [0.2, 0.25) is 0 Å². The van der Waals surface area contributed by atoms with Crippen LogP contribution >= 0.6 is 49.9 Å². The fourth-order valence-electron chi connectivity index (χ4n) is 0.533. The van der Waals surface area contributed by atoms with Crippen LogP contribution in [0, 0.1) is 2.88 Å². The molecule has 0 saturated carbocycles. The Bertz CT molecular complexity index is 246. The van der Waals surface area contributed by atoms with E-state index in [9.17, 15) is 4.79 Å². The minimum absolute atomic E-state index is 0.152. The van der Waals surface area contributed by atoms with E-state index in [-0.39, 0.29) is 5.78 Å². The molecule has 0 atom stereocenters. The molecule has 0 aromatic carbocycles. The van der Waals surface area contributed by atoms with E-state index >= 15 is 0 Å². The van der Waals surface area contributed by atoms with Crippen LogP contribution in [0.5, 0.6) is 0 Å². The zero-order valence-electron chi connectivity index (χ0n) is 4.93. The van der Waals surface area contributed by atoms with Gasteiger partial charge < -0.3 is 0 Å². The Balaban J connectivity index is 2.85. The molecular formula is C6H4BrIOS. The van der Waals surface area contributed by atoms with Crippen molar-refractivity contribution in [2.75, 3.05) is 5.33 Å². The number of hydrogen-bond donors (Lipinski definition) is 0. The first-order valence-corrected chi connectivity index (χ1v) is 5.65. The van der Waals surface area contributed by atoms with E-state index in [0.29, 0.717) is 5.33 Å². The highest BCUT2D eigenvalue weighted by atomic mass is 127. The van der Waals surface area contributed by atoms with Crippen molar-refractivity contribution in [1.29, 1.82) is 0 Å². The van der Waals surface area contributed by atoms with Crippen LogP contribution in [0.4, 0.5) is 0 Å². The molecule has 0 aliphatic rings. The molecule has 0 fully saturated rings. The van der Waals surface area contributed by atoms with E-state index in [1.807, 2.05) is 11.4 Å². The molecule has 0 radical (unpaired) electrons. The van der Waals surface area contributed by atoms with Crippen molar-refractivity contribution in [3.05, 3.63) is 19.9 Å². The quantitative estimate of drug-likeness (QED) is 0.463. The minimum atomic E-state index is 0.152. The summed E-state index contributed by atoms with van der Waals surface area (Å²) in [4.78, 5) is 11.0. The van der Waals surface area contributed by atoms with E-state index in [2.05, 4.69) is 38.5 Å². The van der Waals surface area contributed by atoms with Gasteiger partial charge in [-0.15, -0.1) is 11.3 Å². The van der Waals surface area contributed by atoms with Gasteiger partial charge in [0.25, 0.3) is 0 Å². The third-order valence-corrected chi connectivity index (χ3v) is 3.31. The molecular weight excluding hydrogens is 327 g/mol. The Morgan fingerprint density at radius 1 is 1.80 bits per heavy atom.